The lowest BCUT2D eigenvalue weighted by Gasteiger charge is -2.24. The van der Waals surface area contributed by atoms with Gasteiger partial charge in [0.2, 0.25) is 0 Å². The monoisotopic (exact) mass is 455 g/mol. The highest BCUT2D eigenvalue weighted by atomic mass is 35.5. The molecule has 3 aromatic rings. The van der Waals surface area contributed by atoms with Crippen LogP contribution in [-0.2, 0) is 0 Å². The van der Waals surface area contributed by atoms with Gasteiger partial charge in [-0.25, -0.2) is 9.97 Å². The number of halogens is 2. The van der Waals surface area contributed by atoms with E-state index in [1.807, 2.05) is 0 Å². The number of fused-ring (bicyclic) bond motifs is 1. The summed E-state index contributed by atoms with van der Waals surface area (Å²) in [6, 6.07) is 3.55. The SMILES string of the molecule is CCN(CC)CCN(C(=O)c1cnccn1)c1nc2c(OC)ccc(Cl)c2s1.Cl. The summed E-state index contributed by atoms with van der Waals surface area (Å²) in [6.45, 7) is 7.21. The van der Waals surface area contributed by atoms with E-state index in [-0.39, 0.29) is 24.0 Å². The van der Waals surface area contributed by atoms with Crippen molar-refractivity contribution in [2.75, 3.05) is 38.2 Å². The second-order valence-electron chi connectivity index (χ2n) is 6.00. The zero-order valence-corrected chi connectivity index (χ0v) is 18.9. The van der Waals surface area contributed by atoms with Crippen molar-refractivity contribution in [1.29, 1.82) is 0 Å². The minimum Gasteiger partial charge on any atom is -0.494 e. The molecule has 0 spiro atoms. The number of amides is 1. The van der Waals surface area contributed by atoms with Gasteiger partial charge in [0, 0.05) is 25.5 Å². The number of benzene rings is 1. The molecule has 0 aliphatic carbocycles. The third kappa shape index (κ3) is 5.14. The minimum absolute atomic E-state index is 0. The summed E-state index contributed by atoms with van der Waals surface area (Å²) in [4.78, 5) is 29.9. The molecule has 0 aliphatic rings. The lowest BCUT2D eigenvalue weighted by molar-refractivity contribution is 0.0978. The number of nitrogens with zero attached hydrogens (tertiary/aromatic N) is 5. The van der Waals surface area contributed by atoms with Gasteiger partial charge in [-0.15, -0.1) is 12.4 Å². The van der Waals surface area contributed by atoms with Gasteiger partial charge in [0.25, 0.3) is 5.91 Å². The number of anilines is 1. The number of hydrogen-bond acceptors (Lipinski definition) is 7. The maximum absolute atomic E-state index is 13.2. The fourth-order valence-electron chi connectivity index (χ4n) is 2.83. The zero-order valence-electron chi connectivity index (χ0n) is 16.5. The van der Waals surface area contributed by atoms with Crippen LogP contribution in [0.4, 0.5) is 5.13 Å². The average Bonchev–Trinajstić information content (AvgIpc) is 3.18. The quantitative estimate of drug-likeness (QED) is 0.507. The second kappa shape index (κ2) is 10.7. The molecular weight excluding hydrogens is 433 g/mol. The Kier molecular flexibility index (Phi) is 8.58. The fourth-order valence-corrected chi connectivity index (χ4v) is 4.12. The Hall–Kier alpha value is -2.00. The molecule has 7 nitrogen and oxygen atoms in total. The highest BCUT2D eigenvalue weighted by molar-refractivity contribution is 7.23. The van der Waals surface area contributed by atoms with Crippen LogP contribution in [0.1, 0.15) is 24.3 Å². The van der Waals surface area contributed by atoms with Gasteiger partial charge in [-0.05, 0) is 25.2 Å². The molecule has 0 radical (unpaired) electrons. The van der Waals surface area contributed by atoms with E-state index in [4.69, 9.17) is 16.3 Å². The van der Waals surface area contributed by atoms with E-state index in [2.05, 4.69) is 33.7 Å². The van der Waals surface area contributed by atoms with E-state index in [0.29, 0.717) is 28.0 Å². The normalized spacial score (nSPS) is 10.8. The summed E-state index contributed by atoms with van der Waals surface area (Å²) < 4.78 is 6.19. The van der Waals surface area contributed by atoms with Gasteiger partial charge >= 0.3 is 0 Å². The van der Waals surface area contributed by atoms with Crippen LogP contribution in [0.3, 0.4) is 0 Å². The molecule has 0 aliphatic heterocycles. The van der Waals surface area contributed by atoms with E-state index < -0.39 is 0 Å². The lowest BCUT2D eigenvalue weighted by atomic mass is 10.3. The first-order valence-electron chi connectivity index (χ1n) is 9.02. The summed E-state index contributed by atoms with van der Waals surface area (Å²) in [5.41, 5.74) is 0.925. The first-order valence-corrected chi connectivity index (χ1v) is 10.2. The number of methoxy groups -OCH3 is 1. The van der Waals surface area contributed by atoms with Crippen LogP contribution in [0.15, 0.2) is 30.7 Å². The Morgan fingerprint density at radius 1 is 1.21 bits per heavy atom. The van der Waals surface area contributed by atoms with Crippen molar-refractivity contribution in [3.05, 3.63) is 41.4 Å². The van der Waals surface area contributed by atoms with E-state index >= 15 is 0 Å². The number of thiazole rings is 1. The molecule has 156 valence electrons. The van der Waals surface area contributed by atoms with Crippen molar-refractivity contribution in [3.8, 4) is 5.75 Å². The zero-order chi connectivity index (χ0) is 20.1. The molecule has 0 saturated heterocycles. The number of hydrogen-bond donors (Lipinski definition) is 0. The van der Waals surface area contributed by atoms with Crippen LogP contribution < -0.4 is 9.64 Å². The van der Waals surface area contributed by atoms with Crippen molar-refractivity contribution in [2.45, 2.75) is 13.8 Å². The molecule has 0 atom stereocenters. The van der Waals surface area contributed by atoms with Gasteiger partial charge < -0.3 is 9.64 Å². The highest BCUT2D eigenvalue weighted by Crippen LogP contribution is 2.38. The smallest absolute Gasteiger partial charge is 0.280 e. The van der Waals surface area contributed by atoms with Crippen molar-refractivity contribution in [1.82, 2.24) is 19.9 Å². The molecule has 2 heterocycles. The van der Waals surface area contributed by atoms with Crippen LogP contribution in [0.5, 0.6) is 5.75 Å². The molecule has 1 amide bonds. The number of carbonyl (C=O) groups excluding carboxylic acids is 1. The van der Waals surface area contributed by atoms with Gasteiger partial charge in [0.1, 0.15) is 17.0 Å². The molecule has 3 rings (SSSR count). The van der Waals surface area contributed by atoms with Crippen LogP contribution >= 0.6 is 35.3 Å². The van der Waals surface area contributed by atoms with E-state index in [1.54, 1.807) is 30.3 Å². The number of aromatic nitrogens is 3. The second-order valence-corrected chi connectivity index (χ2v) is 7.38. The third-order valence-corrected chi connectivity index (χ3v) is 6.00. The first-order chi connectivity index (χ1) is 13.6. The summed E-state index contributed by atoms with van der Waals surface area (Å²) >= 11 is 7.72. The van der Waals surface area contributed by atoms with Crippen LogP contribution in [0, 0.1) is 0 Å². The summed E-state index contributed by atoms with van der Waals surface area (Å²) in [6.07, 6.45) is 4.51. The molecule has 1 aromatic carbocycles. The van der Waals surface area contributed by atoms with Gasteiger partial charge in [0.05, 0.1) is 23.0 Å². The maximum Gasteiger partial charge on any atom is 0.280 e. The van der Waals surface area contributed by atoms with Crippen molar-refractivity contribution in [2.24, 2.45) is 0 Å². The van der Waals surface area contributed by atoms with Crippen LogP contribution in [-0.4, -0.2) is 59.0 Å². The van der Waals surface area contributed by atoms with E-state index in [9.17, 15) is 4.79 Å². The van der Waals surface area contributed by atoms with Gasteiger partial charge in [0.15, 0.2) is 5.13 Å². The predicted molar refractivity (Wildman–Crippen MR) is 120 cm³/mol. The molecule has 0 N–H and O–H groups in total. The topological polar surface area (TPSA) is 71.5 Å². The Morgan fingerprint density at radius 3 is 2.59 bits per heavy atom. The molecular formula is C19H23Cl2N5O2S. The van der Waals surface area contributed by atoms with Crippen molar-refractivity contribution in [3.63, 3.8) is 0 Å². The molecule has 0 fully saturated rings. The number of rotatable bonds is 8. The van der Waals surface area contributed by atoms with Crippen LogP contribution in [0.25, 0.3) is 10.2 Å². The first kappa shape index (κ1) is 23.3. The number of likely N-dealkylation sites (N-methyl/N-ethyl adjacent to an activating group) is 1. The lowest BCUT2D eigenvalue weighted by Crippen LogP contribution is -2.39. The summed E-state index contributed by atoms with van der Waals surface area (Å²) in [7, 11) is 1.59. The Bertz CT molecular complexity index is 950. The summed E-state index contributed by atoms with van der Waals surface area (Å²) in [5.74, 6) is 0.381. The Labute approximate surface area is 185 Å². The standard InChI is InChI=1S/C19H22ClN5O2S.ClH/c1-4-24(5-2)10-11-25(18(26)14-12-21-8-9-22-14)19-23-16-15(27-3)7-6-13(20)17(16)28-19;/h6-9,12H,4-5,10-11H2,1-3H3;1H. The molecule has 0 saturated carbocycles. The molecule has 0 unspecified atom stereocenters. The summed E-state index contributed by atoms with van der Waals surface area (Å²) in [5, 5.41) is 1.14. The molecule has 2 aromatic heterocycles. The predicted octanol–water partition coefficient (Wildman–Crippen LogP) is 4.16. The van der Waals surface area contributed by atoms with Gasteiger partial charge in [-0.1, -0.05) is 36.8 Å². The van der Waals surface area contributed by atoms with Crippen molar-refractivity contribution >= 4 is 56.6 Å². The average molecular weight is 456 g/mol. The van der Waals surface area contributed by atoms with Gasteiger partial charge in [-0.3, -0.25) is 14.7 Å². The fraction of sp³-hybridized carbons (Fsp3) is 0.368. The maximum atomic E-state index is 13.2. The van der Waals surface area contributed by atoms with Crippen molar-refractivity contribution < 1.29 is 9.53 Å². The van der Waals surface area contributed by atoms with E-state index in [0.717, 1.165) is 24.3 Å². The number of ether oxygens (including phenoxy) is 1. The largest absolute Gasteiger partial charge is 0.494 e. The molecule has 29 heavy (non-hydrogen) atoms. The highest BCUT2D eigenvalue weighted by Gasteiger charge is 2.24. The van der Waals surface area contributed by atoms with E-state index in [1.165, 1.54) is 23.7 Å². The van der Waals surface area contributed by atoms with Gasteiger partial charge in [-0.2, -0.15) is 0 Å². The minimum atomic E-state index is -0.241. The third-order valence-electron chi connectivity index (χ3n) is 4.46. The Morgan fingerprint density at radius 2 is 1.97 bits per heavy atom. The number of carbonyl (C=O) groups is 1. The Balaban J connectivity index is 0.00000300. The molecule has 0 bridgehead atoms. The van der Waals surface area contributed by atoms with Crippen LogP contribution in [0.2, 0.25) is 5.02 Å². The molecule has 10 heteroatoms.